The van der Waals surface area contributed by atoms with Gasteiger partial charge in [-0.1, -0.05) is 0 Å². The van der Waals surface area contributed by atoms with Gasteiger partial charge in [-0.25, -0.2) is 0 Å². The van der Waals surface area contributed by atoms with Gasteiger partial charge in [0.25, 0.3) is 0 Å². The molecule has 0 heterocycles. The van der Waals surface area contributed by atoms with Gasteiger partial charge in [0, 0.05) is 47.3 Å². The number of hydrogen-bond donors (Lipinski definition) is 0. The van der Waals surface area contributed by atoms with Crippen molar-refractivity contribution in [3.05, 3.63) is 0 Å². The third-order valence-electron chi connectivity index (χ3n) is 1.50. The Morgan fingerprint density at radius 3 is 0.450 bits per heavy atom. The predicted octanol–water partition coefficient (Wildman–Crippen LogP) is 5.49. The summed E-state index contributed by atoms with van der Waals surface area (Å²) in [5.74, 6) is 0. The zero-order valence-corrected chi connectivity index (χ0v) is 26.2. The predicted molar refractivity (Wildman–Crippen MR) is 102 cm³/mol. The molecule has 0 nitrogen and oxygen atoms in total. The molecular formula is C16H36Sn2Te2. The van der Waals surface area contributed by atoms with Gasteiger partial charge in [-0.15, -0.1) is 0 Å². The largest absolute Gasteiger partial charge is 0 e. The normalized spacial score (nSPS) is 12.6. The molecule has 0 N–H and O–H groups in total. The minimum absolute atomic E-state index is 0. The molecule has 0 amide bonds. The molecule has 0 aliphatic heterocycles. The van der Waals surface area contributed by atoms with E-state index in [-0.39, 0.29) is 89.6 Å². The van der Waals surface area contributed by atoms with Crippen molar-refractivity contribution in [2.75, 3.05) is 0 Å². The van der Waals surface area contributed by atoms with E-state index >= 15 is 0 Å². The monoisotopic (exact) mass is 728 g/mol. The Balaban J connectivity index is -0.000000116. The van der Waals surface area contributed by atoms with Gasteiger partial charge in [0.15, 0.2) is 0 Å². The summed E-state index contributed by atoms with van der Waals surface area (Å²) >= 11 is -0.363. The number of rotatable bonds is 0. The van der Waals surface area contributed by atoms with Crippen LogP contribution in [0.5, 0.6) is 0 Å². The van der Waals surface area contributed by atoms with Crippen LogP contribution in [0.3, 0.4) is 0 Å². The van der Waals surface area contributed by atoms with Crippen molar-refractivity contribution < 1.29 is 0 Å². The summed E-state index contributed by atoms with van der Waals surface area (Å²) in [6.07, 6.45) is 0. The summed E-state index contributed by atoms with van der Waals surface area (Å²) in [7, 11) is 0. The average Bonchev–Trinajstić information content (AvgIpc) is 1.64. The molecule has 0 bridgehead atoms. The Hall–Kier alpha value is 3.18. The molecule has 8 radical (unpaired) electrons. The van der Waals surface area contributed by atoms with E-state index in [0.29, 0.717) is 13.7 Å². The minimum atomic E-state index is -0.182. The average molecular weight is 721 g/mol. The summed E-state index contributed by atoms with van der Waals surface area (Å²) in [5.41, 5.74) is 0. The molecule has 0 saturated carbocycles. The molecule has 0 unspecified atom stereocenters. The Bertz CT molecular complexity index is 175. The van der Waals surface area contributed by atoms with Crippen molar-refractivity contribution >= 4 is 89.6 Å². The zero-order valence-electron chi connectivity index (χ0n) is 15.8. The molecule has 0 aliphatic carbocycles. The van der Waals surface area contributed by atoms with Crippen LogP contribution in [0, 0.1) is 0 Å². The van der Waals surface area contributed by atoms with Crippen LogP contribution in [0.25, 0.3) is 0 Å². The summed E-state index contributed by atoms with van der Waals surface area (Å²) < 4.78 is 2.62. The van der Waals surface area contributed by atoms with Gasteiger partial charge >= 0.3 is 139 Å². The fourth-order valence-corrected chi connectivity index (χ4v) is 15.1. The van der Waals surface area contributed by atoms with E-state index in [2.05, 4.69) is 83.1 Å². The second kappa shape index (κ2) is 11.7. The van der Waals surface area contributed by atoms with Gasteiger partial charge in [0.2, 0.25) is 0 Å². The van der Waals surface area contributed by atoms with Crippen LogP contribution >= 0.6 is 0 Å². The van der Waals surface area contributed by atoms with Gasteiger partial charge in [-0.3, -0.25) is 0 Å². The first-order valence-electron chi connectivity index (χ1n) is 7.00. The van der Waals surface area contributed by atoms with Gasteiger partial charge in [-0.2, -0.15) is 0 Å². The molecule has 0 rings (SSSR count). The third kappa shape index (κ3) is 37.4. The first kappa shape index (κ1) is 31.0. The van der Waals surface area contributed by atoms with Crippen molar-refractivity contribution in [3.63, 3.8) is 0 Å². The van der Waals surface area contributed by atoms with Crippen LogP contribution in [0.1, 0.15) is 83.1 Å². The SMILES string of the molecule is C[C](C)(C)[Sn][C](C)(C)C.C[C](C)(C)[Sn][C](C)(C)C.[Te].[Te]. The standard InChI is InChI=1S/4C4H9.2Sn.2Te/c4*1-4(2)3;;;;/h4*1-3H3;;;;. The molecular weight excluding hydrogens is 685 g/mol. The van der Waals surface area contributed by atoms with Crippen LogP contribution in [0.2, 0.25) is 13.7 Å². The van der Waals surface area contributed by atoms with Crippen LogP contribution in [0.15, 0.2) is 0 Å². The Labute approximate surface area is 184 Å². The van der Waals surface area contributed by atoms with E-state index in [1.807, 2.05) is 0 Å². The number of hydrogen-bond acceptors (Lipinski definition) is 0. The van der Waals surface area contributed by atoms with Gasteiger partial charge < -0.3 is 0 Å². The molecule has 0 saturated heterocycles. The van der Waals surface area contributed by atoms with E-state index in [9.17, 15) is 0 Å². The Kier molecular flexibility index (Phi) is 18.1. The Morgan fingerprint density at radius 2 is 0.450 bits per heavy atom. The van der Waals surface area contributed by atoms with Crippen molar-refractivity contribution in [1.82, 2.24) is 0 Å². The summed E-state index contributed by atoms with van der Waals surface area (Å²) in [4.78, 5) is 0. The molecule has 0 aliphatic rings. The van der Waals surface area contributed by atoms with Crippen LogP contribution < -0.4 is 0 Å². The maximum absolute atomic E-state index is 2.37. The fraction of sp³-hybridized carbons (Fsp3) is 1.00. The van der Waals surface area contributed by atoms with Gasteiger partial charge in [0.05, 0.1) is 0 Å². The van der Waals surface area contributed by atoms with E-state index in [1.165, 1.54) is 0 Å². The Morgan fingerprint density at radius 1 is 0.350 bits per heavy atom. The van der Waals surface area contributed by atoms with Crippen molar-refractivity contribution in [1.29, 1.82) is 0 Å². The van der Waals surface area contributed by atoms with Crippen molar-refractivity contribution in [3.8, 4) is 0 Å². The van der Waals surface area contributed by atoms with E-state index < -0.39 is 0 Å². The minimum Gasteiger partial charge on any atom is 0 e. The topological polar surface area (TPSA) is 0 Å². The van der Waals surface area contributed by atoms with Gasteiger partial charge in [0.1, 0.15) is 0 Å². The molecule has 20 heavy (non-hydrogen) atoms. The second-order valence-corrected chi connectivity index (χ2v) is 27.8. The fourth-order valence-electron chi connectivity index (χ4n) is 2.25. The van der Waals surface area contributed by atoms with E-state index in [1.54, 1.807) is 0 Å². The molecule has 4 heteroatoms. The molecule has 0 atom stereocenters. The first-order valence-corrected chi connectivity index (χ1v) is 12.7. The van der Waals surface area contributed by atoms with Crippen molar-refractivity contribution in [2.24, 2.45) is 0 Å². The smallest absolute Gasteiger partial charge is 0 e. The third-order valence-corrected chi connectivity index (χ3v) is 10.1. The molecule has 0 aromatic heterocycles. The maximum Gasteiger partial charge on any atom is 0 e. The zero-order chi connectivity index (χ0) is 15.4. The second-order valence-electron chi connectivity index (χ2n) is 9.25. The van der Waals surface area contributed by atoms with Crippen molar-refractivity contribution in [2.45, 2.75) is 96.8 Å². The van der Waals surface area contributed by atoms with Crippen LogP contribution in [-0.2, 0) is 0 Å². The molecule has 0 spiro atoms. The van der Waals surface area contributed by atoms with Gasteiger partial charge in [-0.05, 0) is 0 Å². The summed E-state index contributed by atoms with van der Waals surface area (Å²) in [5, 5.41) is 0. The van der Waals surface area contributed by atoms with Crippen LogP contribution in [0.4, 0.5) is 0 Å². The molecule has 120 valence electrons. The molecule has 0 aromatic carbocycles. The van der Waals surface area contributed by atoms with E-state index in [0.717, 1.165) is 0 Å². The molecule has 0 aromatic rings. The molecule has 0 fully saturated rings. The quantitative estimate of drug-likeness (QED) is 0.291. The first-order chi connectivity index (χ1) is 7.41. The summed E-state index contributed by atoms with van der Waals surface area (Å²) in [6.45, 7) is 28.4. The van der Waals surface area contributed by atoms with Crippen LogP contribution in [-0.4, -0.2) is 89.6 Å². The summed E-state index contributed by atoms with van der Waals surface area (Å²) in [6, 6.07) is 0. The maximum atomic E-state index is 2.37. The van der Waals surface area contributed by atoms with E-state index in [4.69, 9.17) is 0 Å².